The minimum atomic E-state index is -0.514. The Balaban J connectivity index is 1.36. The number of hydrazine groups is 1. The average Bonchev–Trinajstić information content (AvgIpc) is 3.30. The van der Waals surface area contributed by atoms with E-state index in [0.717, 1.165) is 25.1 Å². The van der Waals surface area contributed by atoms with Crippen molar-refractivity contribution < 1.29 is 14.0 Å². The van der Waals surface area contributed by atoms with Crippen molar-refractivity contribution in [1.29, 1.82) is 0 Å². The minimum absolute atomic E-state index is 0.253. The zero-order valence-electron chi connectivity index (χ0n) is 16.2. The minimum Gasteiger partial charge on any atom is -0.303 e. The van der Waals surface area contributed by atoms with Crippen LogP contribution in [0.25, 0.3) is 0 Å². The number of halogens is 1. The van der Waals surface area contributed by atoms with E-state index in [-0.39, 0.29) is 11.5 Å². The molecule has 3 aromatic rings. The first-order valence-electron chi connectivity index (χ1n) is 9.50. The van der Waals surface area contributed by atoms with Crippen molar-refractivity contribution in [1.82, 2.24) is 25.6 Å². The van der Waals surface area contributed by atoms with E-state index in [1.807, 2.05) is 11.4 Å². The van der Waals surface area contributed by atoms with Crippen molar-refractivity contribution in [2.45, 2.75) is 42.6 Å². The Hall–Kier alpha value is -2.72. The van der Waals surface area contributed by atoms with Gasteiger partial charge in [0.05, 0.1) is 5.25 Å². The lowest BCUT2D eigenvalue weighted by Crippen LogP contribution is -2.45. The molecule has 0 radical (unpaired) electrons. The first kappa shape index (κ1) is 20.5. The van der Waals surface area contributed by atoms with Gasteiger partial charge in [-0.1, -0.05) is 17.8 Å². The van der Waals surface area contributed by atoms with E-state index in [0.29, 0.717) is 11.2 Å². The molecular weight excluding hydrogens is 425 g/mol. The fourth-order valence-electron chi connectivity index (χ4n) is 2.88. The fourth-order valence-corrected chi connectivity index (χ4v) is 4.52. The second-order valence-corrected chi connectivity index (χ2v) is 9.31. The Morgan fingerprint density at radius 1 is 1.23 bits per heavy atom. The molecule has 4 rings (SSSR count). The van der Waals surface area contributed by atoms with E-state index < -0.39 is 17.0 Å². The first-order valence-corrected chi connectivity index (χ1v) is 11.3. The fraction of sp³-hybridized carbons (Fsp3) is 0.300. The molecule has 2 N–H and O–H groups in total. The molecule has 0 bridgehead atoms. The third-order valence-corrected chi connectivity index (χ3v) is 6.55. The van der Waals surface area contributed by atoms with Crippen LogP contribution in [0.2, 0.25) is 0 Å². The summed E-state index contributed by atoms with van der Waals surface area (Å²) in [5.74, 6) is -0.404. The molecule has 1 saturated carbocycles. The van der Waals surface area contributed by atoms with E-state index >= 15 is 0 Å². The molecule has 1 aliphatic rings. The highest BCUT2D eigenvalue weighted by Gasteiger charge is 2.31. The summed E-state index contributed by atoms with van der Waals surface area (Å²) in [6.45, 7) is 1.74. The van der Waals surface area contributed by atoms with E-state index in [1.54, 1.807) is 18.3 Å². The number of nitrogens with one attached hydrogen (secondary N) is 2. The normalized spacial score (nSPS) is 14.3. The molecule has 156 valence electrons. The Kier molecular flexibility index (Phi) is 6.14. The molecule has 1 aromatic carbocycles. The molecule has 1 fully saturated rings. The van der Waals surface area contributed by atoms with Crippen molar-refractivity contribution in [3.63, 3.8) is 0 Å². The number of nitrogens with zero attached hydrogens (tertiary/aromatic N) is 3. The van der Waals surface area contributed by atoms with Crippen LogP contribution in [0.5, 0.6) is 0 Å². The van der Waals surface area contributed by atoms with Crippen molar-refractivity contribution in [3.8, 4) is 0 Å². The Bertz CT molecular complexity index is 1030. The van der Waals surface area contributed by atoms with Crippen LogP contribution in [0.1, 0.15) is 46.9 Å². The lowest BCUT2D eigenvalue weighted by molar-refractivity contribution is -0.121. The van der Waals surface area contributed by atoms with Gasteiger partial charge in [-0.05, 0) is 55.5 Å². The summed E-state index contributed by atoms with van der Waals surface area (Å²) >= 11 is 2.99. The summed E-state index contributed by atoms with van der Waals surface area (Å²) in [6, 6.07) is 9.54. The topological polar surface area (TPSA) is 88.9 Å². The van der Waals surface area contributed by atoms with Crippen LogP contribution in [-0.4, -0.2) is 31.8 Å². The van der Waals surface area contributed by atoms with Gasteiger partial charge in [0.15, 0.2) is 5.16 Å². The van der Waals surface area contributed by atoms with Gasteiger partial charge in [-0.15, -0.1) is 21.5 Å². The number of thioether (sulfide) groups is 1. The number of benzene rings is 1. The third kappa shape index (κ3) is 4.88. The van der Waals surface area contributed by atoms with Crippen LogP contribution in [0, 0.1) is 5.82 Å². The lowest BCUT2D eigenvalue weighted by atomic mass is 10.2. The summed E-state index contributed by atoms with van der Waals surface area (Å²) in [5, 5.41) is 10.9. The van der Waals surface area contributed by atoms with Crippen LogP contribution in [0.3, 0.4) is 0 Å². The van der Waals surface area contributed by atoms with Gasteiger partial charge in [-0.2, -0.15) is 0 Å². The second-order valence-electron chi connectivity index (χ2n) is 6.97. The maximum atomic E-state index is 13.0. The molecule has 2 heterocycles. The van der Waals surface area contributed by atoms with Crippen molar-refractivity contribution in [2.75, 3.05) is 0 Å². The number of carbonyl (C=O) groups is 2. The van der Waals surface area contributed by atoms with Gasteiger partial charge in [0.25, 0.3) is 11.8 Å². The molecule has 30 heavy (non-hydrogen) atoms. The van der Waals surface area contributed by atoms with Gasteiger partial charge < -0.3 is 4.57 Å². The van der Waals surface area contributed by atoms with Gasteiger partial charge in [0.1, 0.15) is 11.6 Å². The summed E-state index contributed by atoms with van der Waals surface area (Å²) in [6.07, 6.45) is 2.88. The molecule has 1 aliphatic carbocycles. The summed E-state index contributed by atoms with van der Waals surface area (Å²) < 4.78 is 15.1. The van der Waals surface area contributed by atoms with E-state index in [1.165, 1.54) is 40.9 Å². The first-order chi connectivity index (χ1) is 14.5. The van der Waals surface area contributed by atoms with Crippen molar-refractivity contribution in [2.24, 2.45) is 0 Å². The van der Waals surface area contributed by atoms with Gasteiger partial charge in [-0.25, -0.2) is 4.39 Å². The maximum Gasteiger partial charge on any atom is 0.269 e. The maximum absolute atomic E-state index is 13.0. The molecule has 0 spiro atoms. The molecule has 2 amide bonds. The smallest absolute Gasteiger partial charge is 0.269 e. The highest BCUT2D eigenvalue weighted by molar-refractivity contribution is 8.00. The molecule has 10 heteroatoms. The lowest BCUT2D eigenvalue weighted by Gasteiger charge is -2.14. The van der Waals surface area contributed by atoms with E-state index in [9.17, 15) is 14.0 Å². The highest BCUT2D eigenvalue weighted by atomic mass is 32.2. The zero-order chi connectivity index (χ0) is 21.1. The summed E-state index contributed by atoms with van der Waals surface area (Å²) in [7, 11) is 0. The van der Waals surface area contributed by atoms with E-state index in [4.69, 9.17) is 0 Å². The van der Waals surface area contributed by atoms with Crippen LogP contribution in [0.15, 0.2) is 46.9 Å². The molecule has 1 atom stereocenters. The number of rotatable bonds is 7. The number of amides is 2. The average molecular weight is 446 g/mol. The van der Waals surface area contributed by atoms with Gasteiger partial charge >= 0.3 is 0 Å². The summed E-state index contributed by atoms with van der Waals surface area (Å²) in [4.78, 5) is 25.7. The number of carbonyl (C=O) groups excluding carboxylic acids is 2. The van der Waals surface area contributed by atoms with Gasteiger partial charge in [0, 0.05) is 22.9 Å². The Labute approximate surface area is 181 Å². The monoisotopic (exact) mass is 445 g/mol. The van der Waals surface area contributed by atoms with Crippen LogP contribution in [-0.2, 0) is 11.2 Å². The zero-order valence-corrected chi connectivity index (χ0v) is 17.8. The molecule has 7 nitrogen and oxygen atoms in total. The highest BCUT2D eigenvalue weighted by Crippen LogP contribution is 2.40. The van der Waals surface area contributed by atoms with Crippen molar-refractivity contribution in [3.05, 3.63) is 63.9 Å². The SMILES string of the molecule is C[C@H](Sc1nnc(Cc2cccs2)n1C1CC1)C(=O)NNC(=O)c1ccc(F)cc1. The quantitative estimate of drug-likeness (QED) is 0.430. The van der Waals surface area contributed by atoms with Crippen molar-refractivity contribution >= 4 is 34.9 Å². The number of aromatic nitrogens is 3. The molecule has 0 unspecified atom stereocenters. The number of thiophene rings is 1. The largest absolute Gasteiger partial charge is 0.303 e. The number of hydrogen-bond donors (Lipinski definition) is 2. The van der Waals surface area contributed by atoms with Gasteiger partial charge in [-0.3, -0.25) is 20.4 Å². The second kappa shape index (κ2) is 8.97. The third-order valence-electron chi connectivity index (χ3n) is 4.62. The predicted molar refractivity (Wildman–Crippen MR) is 113 cm³/mol. The standard InChI is InChI=1S/C20H20FN5O2S2/c1-12(18(27)23-24-19(28)13-4-6-14(21)7-5-13)30-20-25-22-17(26(20)15-8-9-15)11-16-3-2-10-29-16/h2-7,10,12,15H,8-9,11H2,1H3,(H,23,27)(H,24,28)/t12-/m0/s1. The van der Waals surface area contributed by atoms with Crippen LogP contribution >= 0.6 is 23.1 Å². The molecule has 0 aliphatic heterocycles. The van der Waals surface area contributed by atoms with Crippen LogP contribution < -0.4 is 10.9 Å². The van der Waals surface area contributed by atoms with E-state index in [2.05, 4.69) is 31.7 Å². The van der Waals surface area contributed by atoms with Crippen LogP contribution in [0.4, 0.5) is 4.39 Å². The molecule has 0 saturated heterocycles. The summed E-state index contributed by atoms with van der Waals surface area (Å²) in [5.41, 5.74) is 5.02. The number of hydrogen-bond acceptors (Lipinski definition) is 6. The Morgan fingerprint density at radius 3 is 2.67 bits per heavy atom. The predicted octanol–water partition coefficient (Wildman–Crippen LogP) is 3.35. The Morgan fingerprint density at radius 2 is 2.00 bits per heavy atom. The van der Waals surface area contributed by atoms with Gasteiger partial charge in [0.2, 0.25) is 0 Å². The molecule has 2 aromatic heterocycles. The molecular formula is C20H20FN5O2S2.